The number of carbonyl (C=O) groups is 1. The third-order valence-electron chi connectivity index (χ3n) is 2.60. The van der Waals surface area contributed by atoms with E-state index in [0.717, 1.165) is 5.56 Å². The van der Waals surface area contributed by atoms with Gasteiger partial charge in [-0.15, -0.1) is 0 Å². The minimum Gasteiger partial charge on any atom is -0.465 e. The molecule has 3 nitrogen and oxygen atoms in total. The fourth-order valence-electron chi connectivity index (χ4n) is 1.56. The lowest BCUT2D eigenvalue weighted by molar-refractivity contribution is -0.146. The highest BCUT2D eigenvalue weighted by Gasteiger charge is 2.24. The Morgan fingerprint density at radius 2 is 2.11 bits per heavy atom. The van der Waals surface area contributed by atoms with E-state index in [-0.39, 0.29) is 5.92 Å². The first-order chi connectivity index (χ1) is 8.69. The van der Waals surface area contributed by atoms with Crippen LogP contribution in [-0.4, -0.2) is 12.6 Å². The van der Waals surface area contributed by atoms with Gasteiger partial charge in [0.15, 0.2) is 0 Å². The lowest BCUT2D eigenvalue weighted by Gasteiger charge is -2.12. The highest BCUT2D eigenvalue weighted by Crippen LogP contribution is 2.16. The average molecular weight is 243 g/mol. The van der Waals surface area contributed by atoms with Gasteiger partial charge in [-0.25, -0.2) is 0 Å². The zero-order valence-electron chi connectivity index (χ0n) is 10.7. The maximum Gasteiger partial charge on any atom is 0.323 e. The molecule has 0 fully saturated rings. The van der Waals surface area contributed by atoms with Gasteiger partial charge in [0.25, 0.3) is 0 Å². The summed E-state index contributed by atoms with van der Waals surface area (Å²) in [6.45, 7) is 3.87. The van der Waals surface area contributed by atoms with Crippen LogP contribution in [0.3, 0.4) is 0 Å². The lowest BCUT2D eigenvalue weighted by atomic mass is 9.94. The smallest absolute Gasteiger partial charge is 0.323 e. The summed E-state index contributed by atoms with van der Waals surface area (Å²) < 4.78 is 4.87. The number of carbonyl (C=O) groups excluding carboxylic acids is 1. The number of hydrogen-bond acceptors (Lipinski definition) is 3. The highest BCUT2D eigenvalue weighted by atomic mass is 16.5. The number of benzene rings is 1. The summed E-state index contributed by atoms with van der Waals surface area (Å²) in [5.74, 6) is -1.37. The van der Waals surface area contributed by atoms with E-state index in [1.54, 1.807) is 6.92 Å². The van der Waals surface area contributed by atoms with Crippen LogP contribution in [0, 0.1) is 23.2 Å². The van der Waals surface area contributed by atoms with Gasteiger partial charge >= 0.3 is 5.97 Å². The van der Waals surface area contributed by atoms with Crippen LogP contribution in [-0.2, 0) is 9.53 Å². The first-order valence-corrected chi connectivity index (χ1v) is 5.98. The Morgan fingerprint density at radius 3 is 2.67 bits per heavy atom. The van der Waals surface area contributed by atoms with E-state index in [1.807, 2.05) is 55.5 Å². The van der Waals surface area contributed by atoms with Crippen LogP contribution in [0.1, 0.15) is 19.4 Å². The third-order valence-corrected chi connectivity index (χ3v) is 2.60. The van der Waals surface area contributed by atoms with Crippen molar-refractivity contribution in [2.75, 3.05) is 6.61 Å². The number of esters is 1. The van der Waals surface area contributed by atoms with Crippen molar-refractivity contribution in [3.05, 3.63) is 42.0 Å². The van der Waals surface area contributed by atoms with Gasteiger partial charge in [-0.2, -0.15) is 5.26 Å². The first-order valence-electron chi connectivity index (χ1n) is 5.98. The minimum absolute atomic E-state index is 0.172. The number of ether oxygens (including phenoxy) is 1. The fourth-order valence-corrected chi connectivity index (χ4v) is 1.56. The van der Waals surface area contributed by atoms with E-state index in [2.05, 4.69) is 0 Å². The zero-order valence-corrected chi connectivity index (χ0v) is 10.7. The van der Waals surface area contributed by atoms with Crippen molar-refractivity contribution in [2.45, 2.75) is 13.8 Å². The van der Waals surface area contributed by atoms with Gasteiger partial charge in [-0.05, 0) is 12.5 Å². The van der Waals surface area contributed by atoms with Gasteiger partial charge < -0.3 is 4.74 Å². The number of allylic oxidation sites excluding steroid dienone is 1. The second-order valence-corrected chi connectivity index (χ2v) is 3.99. The Balaban J connectivity index is 2.69. The van der Waals surface area contributed by atoms with Crippen molar-refractivity contribution in [3.8, 4) is 6.07 Å². The lowest BCUT2D eigenvalue weighted by Crippen LogP contribution is -2.21. The van der Waals surface area contributed by atoms with Gasteiger partial charge in [-0.3, -0.25) is 4.79 Å². The fraction of sp³-hybridized carbons (Fsp3) is 0.333. The molecule has 0 unspecified atom stereocenters. The molecular weight excluding hydrogens is 226 g/mol. The Morgan fingerprint density at radius 1 is 1.44 bits per heavy atom. The largest absolute Gasteiger partial charge is 0.465 e. The van der Waals surface area contributed by atoms with Crippen molar-refractivity contribution in [2.24, 2.45) is 11.8 Å². The summed E-state index contributed by atoms with van der Waals surface area (Å²) in [6.07, 6.45) is 3.77. The molecule has 0 aliphatic heterocycles. The number of rotatable bonds is 5. The van der Waals surface area contributed by atoms with Crippen molar-refractivity contribution in [3.63, 3.8) is 0 Å². The van der Waals surface area contributed by atoms with E-state index in [4.69, 9.17) is 10.00 Å². The molecule has 0 aliphatic carbocycles. The van der Waals surface area contributed by atoms with Crippen molar-refractivity contribution >= 4 is 12.0 Å². The molecular formula is C15H17NO2. The molecule has 0 bridgehead atoms. The quantitative estimate of drug-likeness (QED) is 0.747. The van der Waals surface area contributed by atoms with Crippen LogP contribution < -0.4 is 0 Å². The molecule has 0 saturated heterocycles. The van der Waals surface area contributed by atoms with E-state index in [9.17, 15) is 4.79 Å². The Kier molecular flexibility index (Phi) is 5.66. The van der Waals surface area contributed by atoms with E-state index >= 15 is 0 Å². The van der Waals surface area contributed by atoms with E-state index in [0.29, 0.717) is 6.61 Å². The first kappa shape index (κ1) is 14.0. The second kappa shape index (κ2) is 7.29. The predicted molar refractivity (Wildman–Crippen MR) is 70.4 cm³/mol. The molecule has 0 heterocycles. The summed E-state index contributed by atoms with van der Waals surface area (Å²) in [4.78, 5) is 11.5. The second-order valence-electron chi connectivity index (χ2n) is 3.99. The molecule has 0 saturated carbocycles. The van der Waals surface area contributed by atoms with Crippen LogP contribution in [0.15, 0.2) is 36.4 Å². The predicted octanol–water partition coefficient (Wildman–Crippen LogP) is 3.04. The SMILES string of the molecule is CCOC(=O)[C@H](C#N)[C@H](C)/C=C/c1ccccc1. The van der Waals surface area contributed by atoms with Crippen molar-refractivity contribution in [1.82, 2.24) is 0 Å². The van der Waals surface area contributed by atoms with Gasteiger partial charge in [-0.1, -0.05) is 49.4 Å². The molecule has 0 aromatic heterocycles. The molecule has 2 atom stereocenters. The van der Waals surface area contributed by atoms with Gasteiger partial charge in [0.2, 0.25) is 0 Å². The van der Waals surface area contributed by atoms with E-state index in [1.165, 1.54) is 0 Å². The third kappa shape index (κ3) is 4.06. The Hall–Kier alpha value is -2.08. The maximum absolute atomic E-state index is 11.5. The van der Waals surface area contributed by atoms with Crippen LogP contribution in [0.2, 0.25) is 0 Å². The topological polar surface area (TPSA) is 50.1 Å². The van der Waals surface area contributed by atoms with Crippen LogP contribution >= 0.6 is 0 Å². The monoisotopic (exact) mass is 243 g/mol. The normalized spacial score (nSPS) is 13.8. The Bertz CT molecular complexity index is 445. The molecule has 0 radical (unpaired) electrons. The summed E-state index contributed by atoms with van der Waals surface area (Å²) in [6, 6.07) is 11.8. The number of nitriles is 1. The molecule has 0 N–H and O–H groups in total. The van der Waals surface area contributed by atoms with Crippen LogP contribution in [0.5, 0.6) is 0 Å². The van der Waals surface area contributed by atoms with Crippen molar-refractivity contribution in [1.29, 1.82) is 5.26 Å². The zero-order chi connectivity index (χ0) is 13.4. The highest BCUT2D eigenvalue weighted by molar-refractivity contribution is 5.76. The number of nitrogens with zero attached hydrogens (tertiary/aromatic N) is 1. The molecule has 0 aliphatic rings. The molecule has 18 heavy (non-hydrogen) atoms. The average Bonchev–Trinajstić information content (AvgIpc) is 2.39. The Labute approximate surface area is 108 Å². The summed E-state index contributed by atoms with van der Waals surface area (Å²) >= 11 is 0. The maximum atomic E-state index is 11.5. The van der Waals surface area contributed by atoms with Gasteiger partial charge in [0.05, 0.1) is 12.7 Å². The summed E-state index contributed by atoms with van der Waals surface area (Å²) in [5.41, 5.74) is 1.05. The van der Waals surface area contributed by atoms with Gasteiger partial charge in [0, 0.05) is 5.92 Å². The van der Waals surface area contributed by atoms with Crippen molar-refractivity contribution < 1.29 is 9.53 Å². The molecule has 0 spiro atoms. The van der Waals surface area contributed by atoms with Gasteiger partial charge in [0.1, 0.15) is 5.92 Å². The summed E-state index contributed by atoms with van der Waals surface area (Å²) in [5, 5.41) is 9.01. The molecule has 94 valence electrons. The minimum atomic E-state index is -0.745. The molecule has 1 rings (SSSR count). The standard InChI is InChI=1S/C15H17NO2/c1-3-18-15(17)14(11-16)12(2)9-10-13-7-5-4-6-8-13/h4-10,12,14H,3H2,1-2H3/b10-9+/t12-,14-/m1/s1. The molecule has 0 amide bonds. The molecule has 1 aromatic carbocycles. The molecule has 1 aromatic rings. The van der Waals surface area contributed by atoms with Crippen LogP contribution in [0.4, 0.5) is 0 Å². The summed E-state index contributed by atoms with van der Waals surface area (Å²) in [7, 11) is 0. The van der Waals surface area contributed by atoms with Crippen LogP contribution in [0.25, 0.3) is 6.08 Å². The number of hydrogen-bond donors (Lipinski definition) is 0. The molecule has 3 heteroatoms. The van der Waals surface area contributed by atoms with E-state index < -0.39 is 11.9 Å².